The van der Waals surface area contributed by atoms with Crippen molar-refractivity contribution < 1.29 is 4.79 Å². The van der Waals surface area contributed by atoms with Crippen LogP contribution in [0.4, 0.5) is 11.4 Å². The first-order valence-electron chi connectivity index (χ1n) is 8.76. The average Bonchev–Trinajstić information content (AvgIpc) is 2.83. The smallest absolute Gasteiger partial charge is 0.228 e. The molecule has 2 aromatic rings. The Morgan fingerprint density at radius 3 is 2.28 bits per heavy atom. The predicted molar refractivity (Wildman–Crippen MR) is 101 cm³/mol. The number of anilines is 2. The molecule has 1 aromatic carbocycles. The number of hydrogen-bond acceptors (Lipinski definition) is 4. The van der Waals surface area contributed by atoms with Gasteiger partial charge in [-0.3, -0.25) is 9.48 Å². The summed E-state index contributed by atoms with van der Waals surface area (Å²) in [4.78, 5) is 17.1. The van der Waals surface area contributed by atoms with Gasteiger partial charge in [-0.15, -0.1) is 0 Å². The van der Waals surface area contributed by atoms with Crippen LogP contribution in [0.2, 0.25) is 0 Å². The number of hydrogen-bond donors (Lipinski definition) is 1. The maximum atomic E-state index is 12.4. The number of aryl methyl sites for hydroxylation is 2. The van der Waals surface area contributed by atoms with Crippen LogP contribution in [0.3, 0.4) is 0 Å². The Morgan fingerprint density at radius 1 is 1.08 bits per heavy atom. The van der Waals surface area contributed by atoms with E-state index in [0.717, 1.165) is 48.8 Å². The Labute approximate surface area is 149 Å². The monoisotopic (exact) mass is 341 g/mol. The Balaban J connectivity index is 1.60. The molecular weight excluding hydrogens is 314 g/mol. The summed E-state index contributed by atoms with van der Waals surface area (Å²) >= 11 is 0. The number of nitrogens with one attached hydrogen (secondary N) is 1. The third-order valence-electron chi connectivity index (χ3n) is 5.02. The van der Waals surface area contributed by atoms with Crippen molar-refractivity contribution in [3.8, 4) is 0 Å². The quantitative estimate of drug-likeness (QED) is 0.924. The fourth-order valence-electron chi connectivity index (χ4n) is 3.26. The van der Waals surface area contributed by atoms with Gasteiger partial charge in [0.25, 0.3) is 0 Å². The number of likely N-dealkylation sites (N-methyl/N-ethyl adjacent to an activating group) is 1. The zero-order chi connectivity index (χ0) is 18.0. The van der Waals surface area contributed by atoms with Crippen LogP contribution >= 0.6 is 0 Å². The van der Waals surface area contributed by atoms with Crippen molar-refractivity contribution in [1.82, 2.24) is 14.7 Å². The molecule has 3 rings (SSSR count). The standard InChI is InChI=1S/C19H27N5O/c1-14-18(15(2)23(4)21-14)13-19(25)20-16-5-7-17(8-6-16)24-11-9-22(3)10-12-24/h5-8H,9-13H2,1-4H3,(H,20,25). The van der Waals surface area contributed by atoms with Gasteiger partial charge in [0.05, 0.1) is 12.1 Å². The van der Waals surface area contributed by atoms with Crippen molar-refractivity contribution >= 4 is 17.3 Å². The van der Waals surface area contributed by atoms with Crippen molar-refractivity contribution in [3.63, 3.8) is 0 Å². The predicted octanol–water partition coefficient (Wildman–Crippen LogP) is 1.97. The largest absolute Gasteiger partial charge is 0.369 e. The minimum Gasteiger partial charge on any atom is -0.369 e. The molecule has 0 aliphatic carbocycles. The molecule has 1 aromatic heterocycles. The highest BCUT2D eigenvalue weighted by molar-refractivity contribution is 5.92. The zero-order valence-electron chi connectivity index (χ0n) is 15.5. The highest BCUT2D eigenvalue weighted by atomic mass is 16.1. The van der Waals surface area contributed by atoms with E-state index in [1.54, 1.807) is 0 Å². The molecule has 6 heteroatoms. The third-order valence-corrected chi connectivity index (χ3v) is 5.02. The summed E-state index contributed by atoms with van der Waals surface area (Å²) in [6, 6.07) is 8.13. The van der Waals surface area contributed by atoms with Crippen molar-refractivity contribution in [2.75, 3.05) is 43.4 Å². The van der Waals surface area contributed by atoms with Crippen molar-refractivity contribution in [1.29, 1.82) is 0 Å². The fraction of sp³-hybridized carbons (Fsp3) is 0.474. The number of amides is 1. The van der Waals surface area contributed by atoms with Gasteiger partial charge in [-0.1, -0.05) is 0 Å². The molecule has 0 atom stereocenters. The molecule has 0 saturated carbocycles. The van der Waals surface area contributed by atoms with Crippen LogP contribution in [0.1, 0.15) is 17.0 Å². The summed E-state index contributed by atoms with van der Waals surface area (Å²) < 4.78 is 1.82. The third kappa shape index (κ3) is 4.02. The van der Waals surface area contributed by atoms with Crippen LogP contribution in [0.15, 0.2) is 24.3 Å². The minimum atomic E-state index is -0.00783. The number of rotatable bonds is 4. The van der Waals surface area contributed by atoms with Gasteiger partial charge in [-0.2, -0.15) is 5.10 Å². The van der Waals surface area contributed by atoms with E-state index in [1.807, 2.05) is 37.7 Å². The number of benzene rings is 1. The second-order valence-corrected chi connectivity index (χ2v) is 6.84. The van der Waals surface area contributed by atoms with E-state index in [4.69, 9.17) is 0 Å². The molecule has 1 aliphatic heterocycles. The number of carbonyl (C=O) groups is 1. The minimum absolute atomic E-state index is 0.00783. The highest BCUT2D eigenvalue weighted by Gasteiger charge is 2.15. The highest BCUT2D eigenvalue weighted by Crippen LogP contribution is 2.20. The molecule has 1 saturated heterocycles. The average molecular weight is 341 g/mol. The van der Waals surface area contributed by atoms with E-state index in [1.165, 1.54) is 5.69 Å². The van der Waals surface area contributed by atoms with Gasteiger partial charge < -0.3 is 15.1 Å². The summed E-state index contributed by atoms with van der Waals surface area (Å²) in [7, 11) is 4.06. The van der Waals surface area contributed by atoms with E-state index in [-0.39, 0.29) is 5.91 Å². The number of nitrogens with zero attached hydrogens (tertiary/aromatic N) is 4. The van der Waals surface area contributed by atoms with Gasteiger partial charge in [-0.25, -0.2) is 0 Å². The molecule has 25 heavy (non-hydrogen) atoms. The topological polar surface area (TPSA) is 53.4 Å². The maximum Gasteiger partial charge on any atom is 0.228 e. The first-order valence-corrected chi connectivity index (χ1v) is 8.76. The van der Waals surface area contributed by atoms with Crippen LogP contribution in [0, 0.1) is 13.8 Å². The molecule has 2 heterocycles. The summed E-state index contributed by atoms with van der Waals surface area (Å²) in [6.45, 7) is 8.20. The summed E-state index contributed by atoms with van der Waals surface area (Å²) in [5.41, 5.74) is 5.01. The van der Waals surface area contributed by atoms with Gasteiger partial charge >= 0.3 is 0 Å². The van der Waals surface area contributed by atoms with Gasteiger partial charge in [0.15, 0.2) is 0 Å². The lowest BCUT2D eigenvalue weighted by molar-refractivity contribution is -0.115. The lowest BCUT2D eigenvalue weighted by atomic mass is 10.1. The Hall–Kier alpha value is -2.34. The number of piperazine rings is 1. The van der Waals surface area contributed by atoms with E-state index < -0.39 is 0 Å². The molecular formula is C19H27N5O. The molecule has 134 valence electrons. The summed E-state index contributed by atoms with van der Waals surface area (Å²) in [5, 5.41) is 7.36. The summed E-state index contributed by atoms with van der Waals surface area (Å²) in [6.07, 6.45) is 0.353. The van der Waals surface area contributed by atoms with E-state index in [2.05, 4.69) is 39.4 Å². The van der Waals surface area contributed by atoms with Gasteiger partial charge in [0.2, 0.25) is 5.91 Å². The molecule has 0 bridgehead atoms. The first-order chi connectivity index (χ1) is 11.9. The van der Waals surface area contributed by atoms with Crippen LogP contribution in [0.5, 0.6) is 0 Å². The molecule has 0 spiro atoms. The SMILES string of the molecule is Cc1nn(C)c(C)c1CC(=O)Nc1ccc(N2CCN(C)CC2)cc1. The fourth-order valence-corrected chi connectivity index (χ4v) is 3.26. The molecule has 1 fully saturated rings. The second-order valence-electron chi connectivity index (χ2n) is 6.84. The lowest BCUT2D eigenvalue weighted by Crippen LogP contribution is -2.44. The maximum absolute atomic E-state index is 12.4. The van der Waals surface area contributed by atoms with Crippen molar-refractivity contribution in [2.24, 2.45) is 7.05 Å². The van der Waals surface area contributed by atoms with Crippen LogP contribution in [-0.4, -0.2) is 53.8 Å². The molecule has 0 radical (unpaired) electrons. The molecule has 1 amide bonds. The van der Waals surface area contributed by atoms with Crippen molar-refractivity contribution in [2.45, 2.75) is 20.3 Å². The Morgan fingerprint density at radius 2 is 1.72 bits per heavy atom. The normalized spacial score (nSPS) is 15.4. The zero-order valence-corrected chi connectivity index (χ0v) is 15.5. The molecule has 0 unspecified atom stereocenters. The number of aromatic nitrogens is 2. The van der Waals surface area contributed by atoms with E-state index >= 15 is 0 Å². The molecule has 1 N–H and O–H groups in total. The Bertz CT molecular complexity index is 742. The number of carbonyl (C=O) groups excluding carboxylic acids is 1. The van der Waals surface area contributed by atoms with Gasteiger partial charge in [-0.05, 0) is 45.2 Å². The van der Waals surface area contributed by atoms with Gasteiger partial charge in [0.1, 0.15) is 0 Å². The van der Waals surface area contributed by atoms with Crippen LogP contribution in [-0.2, 0) is 18.3 Å². The van der Waals surface area contributed by atoms with Crippen LogP contribution < -0.4 is 10.2 Å². The van der Waals surface area contributed by atoms with Crippen LogP contribution in [0.25, 0.3) is 0 Å². The summed E-state index contributed by atoms with van der Waals surface area (Å²) in [5.74, 6) is -0.00783. The van der Waals surface area contributed by atoms with Gasteiger partial charge in [0, 0.05) is 55.9 Å². The van der Waals surface area contributed by atoms with E-state index in [9.17, 15) is 4.79 Å². The second kappa shape index (κ2) is 7.27. The lowest BCUT2D eigenvalue weighted by Gasteiger charge is -2.34. The first kappa shape index (κ1) is 17.5. The van der Waals surface area contributed by atoms with Crippen molar-refractivity contribution in [3.05, 3.63) is 41.2 Å². The molecule has 1 aliphatic rings. The molecule has 6 nitrogen and oxygen atoms in total. The van der Waals surface area contributed by atoms with E-state index in [0.29, 0.717) is 6.42 Å². The Kier molecular flexibility index (Phi) is 5.08.